The van der Waals surface area contributed by atoms with Gasteiger partial charge >= 0.3 is 0 Å². The first-order chi connectivity index (χ1) is 9.28. The molecular weight excluding hydrogens is 302 g/mol. The maximum absolute atomic E-state index is 12.2. The van der Waals surface area contributed by atoms with Crippen molar-refractivity contribution >= 4 is 25.8 Å². The van der Waals surface area contributed by atoms with Gasteiger partial charge in [-0.15, -0.1) is 0 Å². The molecule has 0 saturated heterocycles. The summed E-state index contributed by atoms with van der Waals surface area (Å²) < 4.78 is 50.2. The smallest absolute Gasteiger partial charge is 0.243 e. The molecule has 20 heavy (non-hydrogen) atoms. The van der Waals surface area contributed by atoms with Gasteiger partial charge in [-0.1, -0.05) is 25.1 Å². The van der Waals surface area contributed by atoms with E-state index >= 15 is 0 Å². The summed E-state index contributed by atoms with van der Waals surface area (Å²) >= 11 is 0. The molecule has 110 valence electrons. The van der Waals surface area contributed by atoms with Gasteiger partial charge in [0.15, 0.2) is 9.84 Å². The van der Waals surface area contributed by atoms with Crippen LogP contribution in [0.15, 0.2) is 29.2 Å². The first-order valence-corrected chi connectivity index (χ1v) is 9.34. The summed E-state index contributed by atoms with van der Waals surface area (Å²) in [6, 6.07) is 5.97. The van der Waals surface area contributed by atoms with Crippen LogP contribution in [-0.2, 0) is 24.7 Å². The second-order valence-electron chi connectivity index (χ2n) is 4.63. The molecule has 6 nitrogen and oxygen atoms in total. The minimum atomic E-state index is -4.04. The molecule has 0 aromatic heterocycles. The molecule has 1 unspecified atom stereocenters. The number of fused-ring (bicyclic) bond motifs is 1. The Morgan fingerprint density at radius 1 is 1.35 bits per heavy atom. The van der Waals surface area contributed by atoms with E-state index in [2.05, 4.69) is 0 Å². The van der Waals surface area contributed by atoms with E-state index in [0.29, 0.717) is 6.42 Å². The molecule has 1 aromatic rings. The summed E-state index contributed by atoms with van der Waals surface area (Å²) in [5.41, 5.74) is 0.226. The predicted molar refractivity (Wildman–Crippen MR) is 73.2 cm³/mol. The SMILES string of the molecule is CCCC(=O)NS(=O)(=O)C1CS(=O)(=O)c2ccccc21. The highest BCUT2D eigenvalue weighted by Gasteiger charge is 2.42. The highest BCUT2D eigenvalue weighted by atomic mass is 32.2. The van der Waals surface area contributed by atoms with E-state index in [-0.39, 0.29) is 16.9 Å². The topological polar surface area (TPSA) is 97.4 Å². The number of carbonyl (C=O) groups excluding carboxylic acids is 1. The lowest BCUT2D eigenvalue weighted by atomic mass is 10.2. The van der Waals surface area contributed by atoms with E-state index in [1.807, 2.05) is 4.72 Å². The van der Waals surface area contributed by atoms with Crippen LogP contribution < -0.4 is 4.72 Å². The summed E-state index contributed by atoms with van der Waals surface area (Å²) in [5, 5.41) is -1.23. The largest absolute Gasteiger partial charge is 0.274 e. The Balaban J connectivity index is 2.38. The molecule has 2 rings (SSSR count). The summed E-state index contributed by atoms with van der Waals surface area (Å²) in [6.45, 7) is 1.75. The zero-order valence-corrected chi connectivity index (χ0v) is 12.5. The number of rotatable bonds is 4. The van der Waals surface area contributed by atoms with Crippen molar-refractivity contribution in [3.05, 3.63) is 29.8 Å². The second kappa shape index (κ2) is 5.17. The van der Waals surface area contributed by atoms with E-state index < -0.39 is 36.8 Å². The number of hydrogen-bond acceptors (Lipinski definition) is 5. The number of carbonyl (C=O) groups is 1. The Labute approximate surface area is 118 Å². The van der Waals surface area contributed by atoms with Crippen molar-refractivity contribution in [2.24, 2.45) is 0 Å². The third kappa shape index (κ3) is 2.71. The minimum Gasteiger partial charge on any atom is -0.274 e. The van der Waals surface area contributed by atoms with Crippen molar-refractivity contribution in [2.75, 3.05) is 5.75 Å². The summed E-state index contributed by atoms with van der Waals surface area (Å²) in [4.78, 5) is 11.5. The van der Waals surface area contributed by atoms with Crippen LogP contribution in [0.1, 0.15) is 30.6 Å². The summed E-state index contributed by atoms with van der Waals surface area (Å²) in [5.74, 6) is -1.14. The first-order valence-electron chi connectivity index (χ1n) is 6.14. The van der Waals surface area contributed by atoms with Gasteiger partial charge in [0.2, 0.25) is 15.9 Å². The number of nitrogens with one attached hydrogen (secondary N) is 1. The molecule has 1 amide bonds. The van der Waals surface area contributed by atoms with Crippen LogP contribution in [0.5, 0.6) is 0 Å². The van der Waals surface area contributed by atoms with E-state index in [4.69, 9.17) is 0 Å². The Morgan fingerprint density at radius 2 is 2.00 bits per heavy atom. The number of benzene rings is 1. The summed E-state index contributed by atoms with van der Waals surface area (Å²) in [6.07, 6.45) is 0.598. The quantitative estimate of drug-likeness (QED) is 0.884. The molecular formula is C12H15NO5S2. The molecule has 0 radical (unpaired) electrons. The fraction of sp³-hybridized carbons (Fsp3) is 0.417. The molecule has 1 atom stereocenters. The van der Waals surface area contributed by atoms with Crippen molar-refractivity contribution in [1.82, 2.24) is 4.72 Å². The molecule has 0 fully saturated rings. The van der Waals surface area contributed by atoms with Crippen LogP contribution in [0, 0.1) is 0 Å². The lowest BCUT2D eigenvalue weighted by Gasteiger charge is -2.12. The zero-order chi connectivity index (χ0) is 15.0. The molecule has 1 aliphatic heterocycles. The Hall–Kier alpha value is -1.41. The molecule has 1 aromatic carbocycles. The van der Waals surface area contributed by atoms with Gasteiger partial charge in [-0.25, -0.2) is 16.8 Å². The second-order valence-corrected chi connectivity index (χ2v) is 8.49. The van der Waals surface area contributed by atoms with Crippen LogP contribution >= 0.6 is 0 Å². The van der Waals surface area contributed by atoms with Crippen molar-refractivity contribution < 1.29 is 21.6 Å². The highest BCUT2D eigenvalue weighted by molar-refractivity contribution is 7.95. The molecule has 0 saturated carbocycles. The lowest BCUT2D eigenvalue weighted by Crippen LogP contribution is -2.34. The van der Waals surface area contributed by atoms with Gasteiger partial charge in [0.1, 0.15) is 5.25 Å². The Bertz CT molecular complexity index is 737. The zero-order valence-electron chi connectivity index (χ0n) is 10.9. The molecule has 0 aliphatic carbocycles. The number of sulfonamides is 1. The molecule has 0 bridgehead atoms. The number of amides is 1. The maximum Gasteiger partial charge on any atom is 0.243 e. The van der Waals surface area contributed by atoms with Gasteiger partial charge < -0.3 is 0 Å². The average Bonchev–Trinajstić information content (AvgIpc) is 2.63. The first kappa shape index (κ1) is 15.0. The third-order valence-corrected chi connectivity index (χ3v) is 6.79. The lowest BCUT2D eigenvalue weighted by molar-refractivity contribution is -0.119. The van der Waals surface area contributed by atoms with Crippen molar-refractivity contribution in [2.45, 2.75) is 29.9 Å². The standard InChI is InChI=1S/C12H15NO5S2/c1-2-5-12(14)13-20(17,18)11-8-19(15,16)10-7-4-3-6-9(10)11/h3-4,6-7,11H,2,5,8H2,1H3,(H,13,14). The van der Waals surface area contributed by atoms with Crippen LogP contribution in [0.4, 0.5) is 0 Å². The molecule has 0 spiro atoms. The van der Waals surface area contributed by atoms with Gasteiger partial charge in [-0.3, -0.25) is 9.52 Å². The van der Waals surface area contributed by atoms with Crippen molar-refractivity contribution in [3.8, 4) is 0 Å². The van der Waals surface area contributed by atoms with Gasteiger partial charge in [0.25, 0.3) is 0 Å². The highest BCUT2D eigenvalue weighted by Crippen LogP contribution is 2.37. The maximum atomic E-state index is 12.2. The van der Waals surface area contributed by atoms with Crippen LogP contribution in [-0.4, -0.2) is 28.5 Å². The van der Waals surface area contributed by atoms with E-state index in [1.54, 1.807) is 19.1 Å². The van der Waals surface area contributed by atoms with E-state index in [1.165, 1.54) is 12.1 Å². The normalized spacial score (nSPS) is 20.4. The Morgan fingerprint density at radius 3 is 2.65 bits per heavy atom. The molecule has 8 heteroatoms. The van der Waals surface area contributed by atoms with Gasteiger partial charge in [-0.05, 0) is 18.1 Å². The summed E-state index contributed by atoms with van der Waals surface area (Å²) in [7, 11) is -7.66. The average molecular weight is 317 g/mol. The number of hydrogen-bond donors (Lipinski definition) is 1. The van der Waals surface area contributed by atoms with Gasteiger partial charge in [0.05, 0.1) is 10.6 Å². The van der Waals surface area contributed by atoms with E-state index in [9.17, 15) is 21.6 Å². The van der Waals surface area contributed by atoms with Gasteiger partial charge in [0, 0.05) is 6.42 Å². The fourth-order valence-corrected chi connectivity index (χ4v) is 6.22. The predicted octanol–water partition coefficient (Wildman–Crippen LogP) is 0.761. The fourth-order valence-electron chi connectivity index (χ4n) is 2.17. The minimum absolute atomic E-state index is 0.0262. The molecule has 1 aliphatic rings. The third-order valence-electron chi connectivity index (χ3n) is 3.08. The molecule has 1 heterocycles. The van der Waals surface area contributed by atoms with Crippen LogP contribution in [0.3, 0.4) is 0 Å². The van der Waals surface area contributed by atoms with Gasteiger partial charge in [-0.2, -0.15) is 0 Å². The van der Waals surface area contributed by atoms with Crippen molar-refractivity contribution in [3.63, 3.8) is 0 Å². The van der Waals surface area contributed by atoms with Crippen LogP contribution in [0.2, 0.25) is 0 Å². The monoisotopic (exact) mass is 317 g/mol. The van der Waals surface area contributed by atoms with Crippen molar-refractivity contribution in [1.29, 1.82) is 0 Å². The Kier molecular flexibility index (Phi) is 3.88. The number of sulfone groups is 1. The molecule has 1 N–H and O–H groups in total. The van der Waals surface area contributed by atoms with E-state index in [0.717, 1.165) is 0 Å². The van der Waals surface area contributed by atoms with Crippen LogP contribution in [0.25, 0.3) is 0 Å².